The lowest BCUT2D eigenvalue weighted by atomic mass is 10.2. The van der Waals surface area contributed by atoms with Crippen LogP contribution < -0.4 is 9.64 Å². The molecule has 7 nitrogen and oxygen atoms in total. The third-order valence-corrected chi connectivity index (χ3v) is 5.01. The average molecular weight is 417 g/mol. The summed E-state index contributed by atoms with van der Waals surface area (Å²) in [5, 5.41) is 11.0. The van der Waals surface area contributed by atoms with Gasteiger partial charge in [-0.05, 0) is 42.0 Å². The molecule has 1 aliphatic rings. The van der Waals surface area contributed by atoms with Crippen molar-refractivity contribution in [2.75, 3.05) is 31.2 Å². The highest BCUT2D eigenvalue weighted by Crippen LogP contribution is 2.23. The second-order valence-electron chi connectivity index (χ2n) is 7.13. The smallest absolute Gasteiger partial charge is 0.269 e. The van der Waals surface area contributed by atoms with Gasteiger partial charge in [0.05, 0.1) is 23.8 Å². The van der Waals surface area contributed by atoms with Crippen LogP contribution in [0.2, 0.25) is 0 Å². The van der Waals surface area contributed by atoms with Gasteiger partial charge in [0.15, 0.2) is 0 Å². The molecule has 158 valence electrons. The van der Waals surface area contributed by atoms with Gasteiger partial charge in [-0.1, -0.05) is 24.3 Å². The Hall–Kier alpha value is -3.71. The number of para-hydroxylation sites is 1. The van der Waals surface area contributed by atoms with Gasteiger partial charge in [-0.25, -0.2) is 0 Å². The highest BCUT2D eigenvalue weighted by Gasteiger charge is 2.11. The maximum Gasteiger partial charge on any atom is 0.269 e. The Bertz CT molecular complexity index is 1060. The summed E-state index contributed by atoms with van der Waals surface area (Å²) < 4.78 is 11.3. The van der Waals surface area contributed by atoms with Crippen LogP contribution in [0.1, 0.15) is 11.1 Å². The van der Waals surface area contributed by atoms with Gasteiger partial charge in [-0.3, -0.25) is 15.1 Å². The normalized spacial score (nSPS) is 14.0. The highest BCUT2D eigenvalue weighted by atomic mass is 16.6. The Kier molecular flexibility index (Phi) is 6.54. The van der Waals surface area contributed by atoms with E-state index in [0.29, 0.717) is 5.75 Å². The molecule has 0 aliphatic carbocycles. The molecule has 0 bridgehead atoms. The fourth-order valence-electron chi connectivity index (χ4n) is 3.35. The van der Waals surface area contributed by atoms with Crippen LogP contribution in [0.15, 0.2) is 77.8 Å². The van der Waals surface area contributed by atoms with E-state index in [1.54, 1.807) is 18.3 Å². The minimum Gasteiger partial charge on any atom is -0.488 e. The lowest BCUT2D eigenvalue weighted by Gasteiger charge is -2.28. The van der Waals surface area contributed by atoms with Crippen LogP contribution in [0.3, 0.4) is 0 Å². The number of ether oxygens (including phenoxy) is 2. The van der Waals surface area contributed by atoms with Crippen LogP contribution >= 0.6 is 0 Å². The van der Waals surface area contributed by atoms with E-state index in [0.717, 1.165) is 43.1 Å². The number of nitro benzene ring substituents is 1. The van der Waals surface area contributed by atoms with Crippen molar-refractivity contribution in [1.82, 2.24) is 0 Å². The van der Waals surface area contributed by atoms with Crippen molar-refractivity contribution in [3.8, 4) is 5.75 Å². The Morgan fingerprint density at radius 2 is 1.81 bits per heavy atom. The van der Waals surface area contributed by atoms with E-state index in [1.165, 1.54) is 17.8 Å². The predicted molar refractivity (Wildman–Crippen MR) is 121 cm³/mol. The van der Waals surface area contributed by atoms with Crippen LogP contribution in [0, 0.1) is 10.1 Å². The highest BCUT2D eigenvalue weighted by molar-refractivity contribution is 5.85. The summed E-state index contributed by atoms with van der Waals surface area (Å²) in [6.07, 6.45) is 1.77. The summed E-state index contributed by atoms with van der Waals surface area (Å²) in [6, 6.07) is 22.2. The van der Waals surface area contributed by atoms with Gasteiger partial charge in [-0.15, -0.1) is 0 Å². The maximum absolute atomic E-state index is 11.0. The number of benzene rings is 3. The standard InChI is InChI=1S/C24H23N3O4/c28-27(29)23-6-3-4-19(16-23)18-31-24-7-2-1-5-20(24)17-25-21-8-10-22(11-9-21)26-12-14-30-15-13-26/h1-11,16-17H,12-15,18H2. The van der Waals surface area contributed by atoms with Gasteiger partial charge in [0.2, 0.25) is 0 Å². The van der Waals surface area contributed by atoms with E-state index in [-0.39, 0.29) is 12.3 Å². The quantitative estimate of drug-likeness (QED) is 0.315. The molecule has 0 unspecified atom stereocenters. The third-order valence-electron chi connectivity index (χ3n) is 5.01. The fourth-order valence-corrected chi connectivity index (χ4v) is 3.35. The molecule has 4 rings (SSSR count). The first-order valence-electron chi connectivity index (χ1n) is 10.1. The molecule has 1 aliphatic heterocycles. The SMILES string of the molecule is O=[N+]([O-])c1cccc(COc2ccccc2C=Nc2ccc(N3CCOCC3)cc2)c1. The molecular weight excluding hydrogens is 394 g/mol. The second-order valence-corrected chi connectivity index (χ2v) is 7.13. The van der Waals surface area contributed by atoms with Gasteiger partial charge < -0.3 is 14.4 Å². The molecule has 3 aromatic carbocycles. The largest absolute Gasteiger partial charge is 0.488 e. The molecule has 0 saturated carbocycles. The van der Waals surface area contributed by atoms with Gasteiger partial charge in [0.25, 0.3) is 5.69 Å². The van der Waals surface area contributed by atoms with E-state index in [4.69, 9.17) is 9.47 Å². The number of hydrogen-bond acceptors (Lipinski definition) is 6. The Labute approximate surface area is 180 Å². The van der Waals surface area contributed by atoms with Crippen molar-refractivity contribution in [1.29, 1.82) is 0 Å². The summed E-state index contributed by atoms with van der Waals surface area (Å²) >= 11 is 0. The molecule has 1 heterocycles. The molecule has 31 heavy (non-hydrogen) atoms. The van der Waals surface area contributed by atoms with Gasteiger partial charge in [0.1, 0.15) is 12.4 Å². The molecule has 0 radical (unpaired) electrons. The molecule has 0 aromatic heterocycles. The zero-order valence-corrected chi connectivity index (χ0v) is 17.0. The van der Waals surface area contributed by atoms with Gasteiger partial charge in [-0.2, -0.15) is 0 Å². The van der Waals surface area contributed by atoms with Crippen molar-refractivity contribution in [3.05, 3.63) is 94.0 Å². The van der Waals surface area contributed by atoms with Crippen LogP contribution in [0.5, 0.6) is 5.75 Å². The molecular formula is C24H23N3O4. The van der Waals surface area contributed by atoms with Crippen molar-refractivity contribution < 1.29 is 14.4 Å². The number of morpholine rings is 1. The summed E-state index contributed by atoms with van der Waals surface area (Å²) in [6.45, 7) is 3.55. The van der Waals surface area contributed by atoms with Gasteiger partial charge in [0, 0.05) is 42.7 Å². The lowest BCUT2D eigenvalue weighted by molar-refractivity contribution is -0.384. The number of nitrogens with zero attached hydrogens (tertiary/aromatic N) is 3. The first-order valence-corrected chi connectivity index (χ1v) is 10.1. The van der Waals surface area contributed by atoms with Crippen LogP contribution in [0.25, 0.3) is 0 Å². The van der Waals surface area contributed by atoms with Crippen molar-refractivity contribution >= 4 is 23.3 Å². The maximum atomic E-state index is 11.0. The predicted octanol–water partition coefficient (Wildman–Crippen LogP) is 4.76. The molecule has 1 fully saturated rings. The van der Waals surface area contributed by atoms with Crippen molar-refractivity contribution in [3.63, 3.8) is 0 Å². The van der Waals surface area contributed by atoms with E-state index in [1.807, 2.05) is 36.4 Å². The molecule has 0 N–H and O–H groups in total. The zero-order valence-electron chi connectivity index (χ0n) is 17.0. The summed E-state index contributed by atoms with van der Waals surface area (Å²) in [5.74, 6) is 0.669. The van der Waals surface area contributed by atoms with Crippen LogP contribution in [0.4, 0.5) is 17.1 Å². The number of aliphatic imine (C=N–C) groups is 1. The first kappa shape index (κ1) is 20.6. The molecule has 1 saturated heterocycles. The van der Waals surface area contributed by atoms with E-state index < -0.39 is 4.92 Å². The summed E-state index contributed by atoms with van der Waals surface area (Å²) in [4.78, 5) is 17.4. The Morgan fingerprint density at radius 3 is 2.58 bits per heavy atom. The molecule has 0 amide bonds. The van der Waals surface area contributed by atoms with Gasteiger partial charge >= 0.3 is 0 Å². The Morgan fingerprint density at radius 1 is 1.03 bits per heavy atom. The first-order chi connectivity index (χ1) is 15.2. The van der Waals surface area contributed by atoms with Crippen molar-refractivity contribution in [2.45, 2.75) is 6.61 Å². The molecule has 0 atom stereocenters. The number of nitro groups is 1. The summed E-state index contributed by atoms with van der Waals surface area (Å²) in [7, 11) is 0. The van der Waals surface area contributed by atoms with Crippen LogP contribution in [-0.2, 0) is 11.3 Å². The average Bonchev–Trinajstić information content (AvgIpc) is 2.83. The number of anilines is 1. The number of non-ortho nitro benzene ring substituents is 1. The van der Waals surface area contributed by atoms with E-state index in [9.17, 15) is 10.1 Å². The minimum atomic E-state index is -0.408. The number of hydrogen-bond donors (Lipinski definition) is 0. The molecule has 0 spiro atoms. The number of rotatable bonds is 7. The zero-order chi connectivity index (χ0) is 21.5. The topological polar surface area (TPSA) is 77.2 Å². The lowest BCUT2D eigenvalue weighted by Crippen LogP contribution is -2.36. The second kappa shape index (κ2) is 9.86. The fraction of sp³-hybridized carbons (Fsp3) is 0.208. The Balaban J connectivity index is 1.43. The third kappa shape index (κ3) is 5.46. The molecule has 7 heteroatoms. The van der Waals surface area contributed by atoms with Crippen molar-refractivity contribution in [2.24, 2.45) is 4.99 Å². The van der Waals surface area contributed by atoms with E-state index >= 15 is 0 Å². The summed E-state index contributed by atoms with van der Waals surface area (Å²) in [5.41, 5.74) is 3.65. The minimum absolute atomic E-state index is 0.0523. The van der Waals surface area contributed by atoms with Crippen LogP contribution in [-0.4, -0.2) is 37.4 Å². The molecule has 3 aromatic rings. The monoisotopic (exact) mass is 417 g/mol. The van der Waals surface area contributed by atoms with E-state index in [2.05, 4.69) is 22.0 Å².